The van der Waals surface area contributed by atoms with E-state index in [1.54, 1.807) is 0 Å². The van der Waals surface area contributed by atoms with Crippen LogP contribution in [0.15, 0.2) is 49.3 Å². The largest absolute Gasteiger partial charge is 0.339 e. The van der Waals surface area contributed by atoms with Gasteiger partial charge in [0.2, 0.25) is 5.91 Å². The molecule has 1 amide bonds. The van der Waals surface area contributed by atoms with Gasteiger partial charge >= 0.3 is 0 Å². The summed E-state index contributed by atoms with van der Waals surface area (Å²) in [6.45, 7) is 10.9. The molecule has 212 valence electrons. The lowest BCUT2D eigenvalue weighted by Crippen LogP contribution is -2.38. The Morgan fingerprint density at radius 1 is 1.17 bits per heavy atom. The number of aryl methyl sites for hydroxylation is 1. The molecule has 10 heteroatoms. The van der Waals surface area contributed by atoms with Crippen LogP contribution < -0.4 is 0 Å². The Morgan fingerprint density at radius 2 is 1.95 bits per heavy atom. The van der Waals surface area contributed by atoms with Gasteiger partial charge in [-0.2, -0.15) is 15.3 Å². The number of nitrogens with one attached hydrogen (secondary N) is 1. The molecule has 1 aliphatic rings. The fraction of sp³-hybridized carbons (Fsp3) is 0.355. The average Bonchev–Trinajstić information content (AvgIpc) is 3.69. The maximum Gasteiger partial charge on any atom is 0.245 e. The smallest absolute Gasteiger partial charge is 0.245 e. The zero-order valence-corrected chi connectivity index (χ0v) is 24.7. The Kier molecular flexibility index (Phi) is 7.17. The van der Waals surface area contributed by atoms with Crippen molar-refractivity contribution in [3.8, 4) is 22.4 Å². The number of H-pyrrole nitrogens is 1. The number of aromatic nitrogens is 6. The van der Waals surface area contributed by atoms with Crippen molar-refractivity contribution in [3.63, 3.8) is 0 Å². The molecule has 0 aliphatic carbocycles. The number of aromatic amines is 1. The van der Waals surface area contributed by atoms with Crippen molar-refractivity contribution in [2.24, 2.45) is 0 Å². The van der Waals surface area contributed by atoms with Crippen LogP contribution in [0.1, 0.15) is 30.1 Å². The van der Waals surface area contributed by atoms with Crippen molar-refractivity contribution in [2.75, 3.05) is 33.7 Å². The summed E-state index contributed by atoms with van der Waals surface area (Å²) in [4.78, 5) is 16.2. The Hall–Kier alpha value is -3.95. The molecule has 3 aromatic heterocycles. The third-order valence-electron chi connectivity index (χ3n) is 8.16. The molecular weight excluding hydrogens is 536 g/mol. The van der Waals surface area contributed by atoms with Crippen LogP contribution >= 0.6 is 11.6 Å². The predicted octanol–water partition coefficient (Wildman–Crippen LogP) is 5.62. The van der Waals surface area contributed by atoms with E-state index in [0.29, 0.717) is 18.1 Å². The number of piperidine rings is 1. The van der Waals surface area contributed by atoms with Gasteiger partial charge in [0, 0.05) is 59.0 Å². The molecule has 6 rings (SSSR count). The van der Waals surface area contributed by atoms with Gasteiger partial charge in [-0.15, -0.1) is 0 Å². The van der Waals surface area contributed by atoms with Crippen LogP contribution in [0.4, 0.5) is 0 Å². The first kappa shape index (κ1) is 27.2. The number of likely N-dealkylation sites (tertiary alicyclic amines) is 1. The minimum absolute atomic E-state index is 0.0182. The zero-order chi connectivity index (χ0) is 28.8. The molecule has 9 nitrogen and oxygen atoms in total. The molecule has 0 atom stereocenters. The molecule has 4 heterocycles. The quantitative estimate of drug-likeness (QED) is 0.256. The number of hydrogen-bond donors (Lipinski definition) is 1. The standard InChI is InChI=1S/C31H35ClN8O/c1-6-27(41)38-11-9-23(10-12-38)40-20(3)28(29-24-17-33-34-26(24)15-19(2)30(29)32)31(36-40)21-7-8-25-22(16-21)18-39(35-25)14-13-37(4)5/h6-8,15-18,23H,1,9-14H2,2-5H3,(H,33,34). The first-order valence-electron chi connectivity index (χ1n) is 14.0. The number of carbonyl (C=O) groups is 1. The first-order chi connectivity index (χ1) is 19.7. The highest BCUT2D eigenvalue weighted by atomic mass is 35.5. The number of fused-ring (bicyclic) bond motifs is 2. The van der Waals surface area contributed by atoms with Crippen LogP contribution in [0.2, 0.25) is 5.02 Å². The number of likely N-dealkylation sites (N-methyl/N-ethyl adjacent to an activating group) is 1. The highest BCUT2D eigenvalue weighted by molar-refractivity contribution is 6.36. The summed E-state index contributed by atoms with van der Waals surface area (Å²) in [5.41, 5.74) is 7.75. The molecule has 5 aromatic rings. The van der Waals surface area contributed by atoms with Crippen molar-refractivity contribution in [3.05, 3.63) is 65.6 Å². The molecular formula is C31H35ClN8O. The van der Waals surface area contributed by atoms with Gasteiger partial charge in [0.25, 0.3) is 0 Å². The molecule has 0 radical (unpaired) electrons. The summed E-state index contributed by atoms with van der Waals surface area (Å²) in [5.74, 6) is -0.0182. The van der Waals surface area contributed by atoms with Crippen LogP contribution in [0, 0.1) is 13.8 Å². The molecule has 0 spiro atoms. The van der Waals surface area contributed by atoms with Crippen molar-refractivity contribution >= 4 is 39.3 Å². The number of rotatable bonds is 7. The lowest BCUT2D eigenvalue weighted by Gasteiger charge is -2.32. The number of halogens is 1. The second-order valence-electron chi connectivity index (χ2n) is 11.2. The number of amides is 1. The number of hydrogen-bond acceptors (Lipinski definition) is 5. The topological polar surface area (TPSA) is 87.9 Å². The summed E-state index contributed by atoms with van der Waals surface area (Å²) < 4.78 is 4.15. The Bertz CT molecular complexity index is 1770. The molecule has 0 saturated carbocycles. The normalized spacial score (nSPS) is 14.5. The molecule has 1 fully saturated rings. The van der Waals surface area contributed by atoms with Gasteiger partial charge in [-0.3, -0.25) is 19.3 Å². The lowest BCUT2D eigenvalue weighted by atomic mass is 9.94. The zero-order valence-electron chi connectivity index (χ0n) is 24.0. The Balaban J connectivity index is 1.49. The fourth-order valence-corrected chi connectivity index (χ4v) is 6.17. The Labute approximate surface area is 244 Å². The van der Waals surface area contributed by atoms with Crippen LogP contribution in [0.5, 0.6) is 0 Å². The molecule has 0 unspecified atom stereocenters. The molecule has 41 heavy (non-hydrogen) atoms. The maximum atomic E-state index is 12.2. The van der Waals surface area contributed by atoms with Crippen LogP contribution in [0.3, 0.4) is 0 Å². The highest BCUT2D eigenvalue weighted by Gasteiger charge is 2.29. The SMILES string of the molecule is C=CC(=O)N1CCC(n2nc(-c3ccc4nn(CCN(C)C)cc4c3)c(-c3c(Cl)c(C)cc4[nH]ncc34)c2C)CC1. The number of benzene rings is 2. The van der Waals surface area contributed by atoms with E-state index in [2.05, 4.69) is 71.8 Å². The van der Waals surface area contributed by atoms with E-state index in [1.807, 2.05) is 28.8 Å². The van der Waals surface area contributed by atoms with Crippen LogP contribution in [-0.2, 0) is 11.3 Å². The third kappa shape index (κ3) is 4.93. The van der Waals surface area contributed by atoms with E-state index in [4.69, 9.17) is 21.8 Å². The van der Waals surface area contributed by atoms with E-state index in [-0.39, 0.29) is 11.9 Å². The number of carbonyl (C=O) groups excluding carboxylic acids is 1. The van der Waals surface area contributed by atoms with Crippen molar-refractivity contribution in [1.82, 2.24) is 39.6 Å². The van der Waals surface area contributed by atoms with Crippen molar-refractivity contribution in [2.45, 2.75) is 39.3 Å². The van der Waals surface area contributed by atoms with Gasteiger partial charge in [-0.05, 0) is 70.6 Å². The molecule has 1 aliphatic heterocycles. The third-order valence-corrected chi connectivity index (χ3v) is 8.65. The van der Waals surface area contributed by atoms with E-state index in [1.165, 1.54) is 6.08 Å². The van der Waals surface area contributed by atoms with Gasteiger partial charge in [-0.25, -0.2) is 0 Å². The second kappa shape index (κ2) is 10.8. The van der Waals surface area contributed by atoms with Gasteiger partial charge < -0.3 is 9.80 Å². The summed E-state index contributed by atoms with van der Waals surface area (Å²) in [7, 11) is 4.13. The highest BCUT2D eigenvalue weighted by Crippen LogP contribution is 2.44. The maximum absolute atomic E-state index is 12.2. The van der Waals surface area contributed by atoms with Gasteiger partial charge in [0.05, 0.1) is 34.8 Å². The van der Waals surface area contributed by atoms with E-state index in [0.717, 1.165) is 81.4 Å². The predicted molar refractivity (Wildman–Crippen MR) is 164 cm³/mol. The Morgan fingerprint density at radius 3 is 2.68 bits per heavy atom. The summed E-state index contributed by atoms with van der Waals surface area (Å²) in [6.07, 6.45) is 6.98. The van der Waals surface area contributed by atoms with E-state index >= 15 is 0 Å². The second-order valence-corrected chi connectivity index (χ2v) is 11.6. The monoisotopic (exact) mass is 570 g/mol. The molecule has 1 saturated heterocycles. The fourth-order valence-electron chi connectivity index (χ4n) is 5.92. The van der Waals surface area contributed by atoms with E-state index < -0.39 is 0 Å². The van der Waals surface area contributed by atoms with Crippen LogP contribution in [0.25, 0.3) is 44.2 Å². The minimum Gasteiger partial charge on any atom is -0.339 e. The average molecular weight is 571 g/mol. The molecule has 1 N–H and O–H groups in total. The van der Waals surface area contributed by atoms with Crippen LogP contribution in [-0.4, -0.2) is 79.2 Å². The summed E-state index contributed by atoms with van der Waals surface area (Å²) in [5, 5.41) is 20.2. The van der Waals surface area contributed by atoms with Gasteiger partial charge in [0.1, 0.15) is 5.69 Å². The number of nitrogens with zero attached hydrogens (tertiary/aromatic N) is 7. The first-order valence-corrected chi connectivity index (χ1v) is 14.4. The lowest BCUT2D eigenvalue weighted by molar-refractivity contribution is -0.127. The molecule has 2 aromatic carbocycles. The summed E-state index contributed by atoms with van der Waals surface area (Å²) >= 11 is 7.07. The van der Waals surface area contributed by atoms with Gasteiger partial charge in [0.15, 0.2) is 0 Å². The van der Waals surface area contributed by atoms with E-state index in [9.17, 15) is 4.79 Å². The van der Waals surface area contributed by atoms with Gasteiger partial charge in [-0.1, -0.05) is 24.2 Å². The van der Waals surface area contributed by atoms with Crippen molar-refractivity contribution in [1.29, 1.82) is 0 Å². The summed E-state index contributed by atoms with van der Waals surface area (Å²) in [6, 6.07) is 8.54. The minimum atomic E-state index is -0.0182. The molecule has 0 bridgehead atoms. The van der Waals surface area contributed by atoms with Crippen molar-refractivity contribution < 1.29 is 4.79 Å².